The molecule has 1 fully saturated rings. The standard InChI is InChI=1S/C21H20F4N4O3S/c1-14(20-26-19(27-32-20)15-5-4-6-16(13-15)21(23,24)25)28-9-11-29(12-10-28)33(30,31)18-8-3-2-7-17(18)22/h2-8,13-14H,9-12H2,1H3/t14-/m0/s1. The zero-order valence-corrected chi connectivity index (χ0v) is 18.3. The van der Waals surface area contributed by atoms with Crippen molar-refractivity contribution in [1.82, 2.24) is 19.3 Å². The quantitative estimate of drug-likeness (QED) is 0.510. The molecule has 33 heavy (non-hydrogen) atoms. The molecule has 0 N–H and O–H groups in total. The van der Waals surface area contributed by atoms with Gasteiger partial charge in [0.2, 0.25) is 21.7 Å². The Morgan fingerprint density at radius 3 is 2.39 bits per heavy atom. The van der Waals surface area contributed by atoms with Gasteiger partial charge in [-0.05, 0) is 31.2 Å². The first-order valence-corrected chi connectivity index (χ1v) is 11.5. The fourth-order valence-electron chi connectivity index (χ4n) is 3.64. The van der Waals surface area contributed by atoms with Gasteiger partial charge < -0.3 is 4.52 Å². The second-order valence-electron chi connectivity index (χ2n) is 7.58. The summed E-state index contributed by atoms with van der Waals surface area (Å²) in [5, 5.41) is 3.80. The lowest BCUT2D eigenvalue weighted by Gasteiger charge is -2.36. The van der Waals surface area contributed by atoms with Gasteiger partial charge in [0.15, 0.2) is 0 Å². The molecular weight excluding hydrogens is 464 g/mol. The largest absolute Gasteiger partial charge is 0.416 e. The van der Waals surface area contributed by atoms with Crippen LogP contribution >= 0.6 is 0 Å². The zero-order chi connectivity index (χ0) is 23.8. The van der Waals surface area contributed by atoms with Crippen molar-refractivity contribution in [3.8, 4) is 11.4 Å². The van der Waals surface area contributed by atoms with Crippen LogP contribution in [0, 0.1) is 5.82 Å². The smallest absolute Gasteiger partial charge is 0.337 e. The monoisotopic (exact) mass is 484 g/mol. The maximum absolute atomic E-state index is 14.0. The Morgan fingerprint density at radius 1 is 1.03 bits per heavy atom. The Bertz CT molecular complexity index is 1240. The number of hydrogen-bond acceptors (Lipinski definition) is 6. The summed E-state index contributed by atoms with van der Waals surface area (Å²) in [6.45, 7) is 2.71. The van der Waals surface area contributed by atoms with Gasteiger partial charge in [-0.25, -0.2) is 12.8 Å². The van der Waals surface area contributed by atoms with E-state index in [4.69, 9.17) is 4.52 Å². The van der Waals surface area contributed by atoms with E-state index < -0.39 is 33.6 Å². The van der Waals surface area contributed by atoms with E-state index in [0.717, 1.165) is 18.2 Å². The fraction of sp³-hybridized carbons (Fsp3) is 0.333. The Kier molecular flexibility index (Phi) is 6.25. The van der Waals surface area contributed by atoms with E-state index in [9.17, 15) is 26.0 Å². The van der Waals surface area contributed by atoms with Gasteiger partial charge >= 0.3 is 6.18 Å². The van der Waals surface area contributed by atoms with E-state index in [0.29, 0.717) is 13.1 Å². The van der Waals surface area contributed by atoms with E-state index in [1.165, 1.54) is 34.6 Å². The summed E-state index contributed by atoms with van der Waals surface area (Å²) >= 11 is 0. The molecule has 1 saturated heterocycles. The van der Waals surface area contributed by atoms with Crippen molar-refractivity contribution in [3.63, 3.8) is 0 Å². The third-order valence-corrected chi connectivity index (χ3v) is 7.45. The van der Waals surface area contributed by atoms with E-state index in [-0.39, 0.29) is 35.3 Å². The second-order valence-corrected chi connectivity index (χ2v) is 9.49. The van der Waals surface area contributed by atoms with Crippen molar-refractivity contribution >= 4 is 10.0 Å². The molecule has 0 amide bonds. The second kappa shape index (κ2) is 8.84. The average molecular weight is 484 g/mol. The van der Waals surface area contributed by atoms with Gasteiger partial charge in [-0.3, -0.25) is 4.90 Å². The molecule has 1 aliphatic heterocycles. The lowest BCUT2D eigenvalue weighted by Crippen LogP contribution is -2.49. The number of aromatic nitrogens is 2. The van der Waals surface area contributed by atoms with Crippen LogP contribution in [0.5, 0.6) is 0 Å². The summed E-state index contributed by atoms with van der Waals surface area (Å²) in [5.41, 5.74) is -0.639. The Labute approximate surface area is 187 Å². The van der Waals surface area contributed by atoms with Gasteiger partial charge in [0.25, 0.3) is 0 Å². The predicted octanol–water partition coefficient (Wildman–Crippen LogP) is 3.96. The summed E-state index contributed by atoms with van der Waals surface area (Å²) in [5.74, 6) is -0.571. The van der Waals surface area contributed by atoms with E-state index in [2.05, 4.69) is 10.1 Å². The molecule has 1 atom stereocenters. The normalized spacial score (nSPS) is 17.2. The van der Waals surface area contributed by atoms with Crippen molar-refractivity contribution in [2.45, 2.75) is 24.0 Å². The molecular formula is C21H20F4N4O3S. The molecule has 12 heteroatoms. The highest BCUT2D eigenvalue weighted by Crippen LogP contribution is 2.32. The van der Waals surface area contributed by atoms with Gasteiger partial charge in [-0.15, -0.1) is 0 Å². The molecule has 2 aromatic carbocycles. The molecule has 176 valence electrons. The van der Waals surface area contributed by atoms with Crippen molar-refractivity contribution in [3.05, 3.63) is 65.8 Å². The lowest BCUT2D eigenvalue weighted by atomic mass is 10.1. The molecule has 0 unspecified atom stereocenters. The first kappa shape index (κ1) is 23.3. The number of hydrogen-bond donors (Lipinski definition) is 0. The minimum Gasteiger partial charge on any atom is -0.337 e. The van der Waals surface area contributed by atoms with E-state index in [1.54, 1.807) is 6.92 Å². The third-order valence-electron chi connectivity index (χ3n) is 5.52. The molecule has 0 spiro atoms. The summed E-state index contributed by atoms with van der Waals surface area (Å²) in [7, 11) is -3.97. The highest BCUT2D eigenvalue weighted by Gasteiger charge is 2.34. The van der Waals surface area contributed by atoms with Gasteiger partial charge in [0, 0.05) is 31.7 Å². The van der Waals surface area contributed by atoms with Crippen LogP contribution < -0.4 is 0 Å². The van der Waals surface area contributed by atoms with Crippen LogP contribution in [-0.2, 0) is 16.2 Å². The zero-order valence-electron chi connectivity index (χ0n) is 17.5. The van der Waals surface area contributed by atoms with Crippen LogP contribution in [0.1, 0.15) is 24.4 Å². The summed E-state index contributed by atoms with van der Waals surface area (Å²) in [4.78, 5) is 5.78. The number of alkyl halides is 3. The Morgan fingerprint density at radius 2 is 1.73 bits per heavy atom. The van der Waals surface area contributed by atoms with Gasteiger partial charge in [0.1, 0.15) is 10.7 Å². The molecule has 1 aromatic heterocycles. The van der Waals surface area contributed by atoms with Crippen LogP contribution in [0.3, 0.4) is 0 Å². The van der Waals surface area contributed by atoms with Gasteiger partial charge in [0.05, 0.1) is 11.6 Å². The number of nitrogens with zero attached hydrogens (tertiary/aromatic N) is 4. The molecule has 1 aliphatic rings. The van der Waals surface area contributed by atoms with Crippen LogP contribution in [0.4, 0.5) is 17.6 Å². The fourth-order valence-corrected chi connectivity index (χ4v) is 5.12. The van der Waals surface area contributed by atoms with Crippen LogP contribution in [0.15, 0.2) is 57.9 Å². The van der Waals surface area contributed by atoms with Gasteiger partial charge in [-0.1, -0.05) is 29.4 Å². The molecule has 0 saturated carbocycles. The van der Waals surface area contributed by atoms with Crippen molar-refractivity contribution in [2.75, 3.05) is 26.2 Å². The highest BCUT2D eigenvalue weighted by molar-refractivity contribution is 7.89. The van der Waals surface area contributed by atoms with Gasteiger partial charge in [-0.2, -0.15) is 22.5 Å². The first-order chi connectivity index (χ1) is 15.6. The Hall–Kier alpha value is -2.83. The van der Waals surface area contributed by atoms with Crippen LogP contribution in [0.2, 0.25) is 0 Å². The molecule has 7 nitrogen and oxygen atoms in total. The van der Waals surface area contributed by atoms with E-state index in [1.807, 2.05) is 4.90 Å². The summed E-state index contributed by atoms with van der Waals surface area (Å²) < 4.78 is 84.9. The maximum atomic E-state index is 14.0. The number of halogens is 4. The SMILES string of the molecule is C[C@@H](c1nc(-c2cccc(C(F)(F)F)c2)no1)N1CCN(S(=O)(=O)c2ccccc2F)CC1. The Balaban J connectivity index is 1.45. The summed E-state index contributed by atoms with van der Waals surface area (Å²) in [6, 6.07) is 9.46. The molecule has 4 rings (SSSR count). The van der Waals surface area contributed by atoms with Crippen LogP contribution in [-0.4, -0.2) is 53.9 Å². The average Bonchev–Trinajstić information content (AvgIpc) is 3.29. The third kappa shape index (κ3) is 4.77. The highest BCUT2D eigenvalue weighted by atomic mass is 32.2. The minimum absolute atomic E-state index is 0.0312. The first-order valence-electron chi connectivity index (χ1n) is 10.1. The molecule has 0 aliphatic carbocycles. The number of sulfonamides is 1. The predicted molar refractivity (Wildman–Crippen MR) is 110 cm³/mol. The maximum Gasteiger partial charge on any atom is 0.416 e. The lowest BCUT2D eigenvalue weighted by molar-refractivity contribution is -0.137. The van der Waals surface area contributed by atoms with Crippen LogP contribution in [0.25, 0.3) is 11.4 Å². The number of rotatable bonds is 5. The molecule has 0 radical (unpaired) electrons. The summed E-state index contributed by atoms with van der Waals surface area (Å²) in [6.07, 6.45) is -4.49. The van der Waals surface area contributed by atoms with E-state index >= 15 is 0 Å². The molecule has 0 bridgehead atoms. The number of piperazine rings is 1. The minimum atomic E-state index is -4.49. The van der Waals surface area contributed by atoms with Crippen molar-refractivity contribution in [2.24, 2.45) is 0 Å². The molecule has 2 heterocycles. The van der Waals surface area contributed by atoms with Crippen molar-refractivity contribution < 1.29 is 30.5 Å². The topological polar surface area (TPSA) is 79.5 Å². The number of benzene rings is 2. The molecule has 3 aromatic rings. The van der Waals surface area contributed by atoms with Crippen molar-refractivity contribution in [1.29, 1.82) is 0 Å².